The van der Waals surface area contributed by atoms with Crippen molar-refractivity contribution in [3.8, 4) is 0 Å². The van der Waals surface area contributed by atoms with Crippen molar-refractivity contribution in [1.82, 2.24) is 20.1 Å². The van der Waals surface area contributed by atoms with Gasteiger partial charge in [0.15, 0.2) is 12.2 Å². The topological polar surface area (TPSA) is 196 Å². The van der Waals surface area contributed by atoms with Crippen LogP contribution in [0.2, 0.25) is 0 Å². The molecule has 0 radical (unpaired) electrons. The first-order valence-corrected chi connectivity index (χ1v) is 24.7. The van der Waals surface area contributed by atoms with E-state index in [1.807, 2.05) is 182 Å². The van der Waals surface area contributed by atoms with Crippen molar-refractivity contribution in [1.29, 1.82) is 5.41 Å². The summed E-state index contributed by atoms with van der Waals surface area (Å²) in [5, 5.41) is 11.4. The minimum Gasteiger partial charge on any atom is -0.451 e. The number of pyridine rings is 1. The van der Waals surface area contributed by atoms with Gasteiger partial charge in [0, 0.05) is 17.3 Å². The third kappa shape index (κ3) is 10.1. The van der Waals surface area contributed by atoms with Crippen LogP contribution in [-0.4, -0.2) is 74.0 Å². The summed E-state index contributed by atoms with van der Waals surface area (Å²) in [5.74, 6) is -2.83. The van der Waals surface area contributed by atoms with Gasteiger partial charge in [0.1, 0.15) is 18.0 Å². The van der Waals surface area contributed by atoms with Crippen molar-refractivity contribution < 1.29 is 42.9 Å². The molecule has 4 N–H and O–H groups in total. The number of nitrogens with zero attached hydrogens (tertiary/aromatic N) is 3. The van der Waals surface area contributed by atoms with Crippen LogP contribution in [0, 0.1) is 5.41 Å². The number of primary amides is 1. The van der Waals surface area contributed by atoms with E-state index in [9.17, 15) is 24.6 Å². The number of nitrogens with two attached hydrogens (primary N) is 1. The highest BCUT2D eigenvalue weighted by molar-refractivity contribution is 8.02. The number of amides is 3. The fraction of sp³-hybridized carbons (Fsp3) is 0.172. The molecule has 0 aliphatic carbocycles. The summed E-state index contributed by atoms with van der Waals surface area (Å²) in [4.78, 5) is 62.1. The summed E-state index contributed by atoms with van der Waals surface area (Å²) >= 11 is 1.28. The first kappa shape index (κ1) is 49.0. The molecule has 1 aromatic heterocycles. The number of nitrogens with one attached hydrogen (secondary N) is 2. The molecule has 1 unspecified atom stereocenters. The number of carbonyl (C=O) groups is 4. The predicted molar refractivity (Wildman–Crippen MR) is 276 cm³/mol. The van der Waals surface area contributed by atoms with E-state index in [0.717, 1.165) is 33.4 Å². The lowest BCUT2D eigenvalue weighted by atomic mass is 9.93. The van der Waals surface area contributed by atoms with Crippen LogP contribution in [0.3, 0.4) is 0 Å². The van der Waals surface area contributed by atoms with Gasteiger partial charge in [-0.15, -0.1) is 11.8 Å². The van der Waals surface area contributed by atoms with Crippen LogP contribution < -0.4 is 11.1 Å². The van der Waals surface area contributed by atoms with E-state index >= 15 is 0 Å². The van der Waals surface area contributed by atoms with Gasteiger partial charge in [0.2, 0.25) is 18.2 Å². The van der Waals surface area contributed by atoms with E-state index in [1.165, 1.54) is 21.6 Å². The van der Waals surface area contributed by atoms with Crippen molar-refractivity contribution in [2.75, 3.05) is 6.61 Å². The second kappa shape index (κ2) is 21.3. The molecule has 3 aliphatic rings. The smallest absolute Gasteiger partial charge is 0.414 e. The quantitative estimate of drug-likeness (QED) is 0.0220. The molecular formula is C58H50N6O9S. The second-order valence-electron chi connectivity index (χ2n) is 17.9. The van der Waals surface area contributed by atoms with Crippen LogP contribution >= 0.6 is 11.8 Å². The number of alkyl carbamates (subject to hydrolysis) is 1. The zero-order valence-electron chi connectivity index (χ0n) is 39.9. The maximum Gasteiger partial charge on any atom is 0.414 e. The maximum atomic E-state index is 14.5. The third-order valence-electron chi connectivity index (χ3n) is 12.9. The number of thioether (sulfide) groups is 1. The van der Waals surface area contributed by atoms with Crippen LogP contribution in [0.15, 0.2) is 206 Å². The zero-order valence-corrected chi connectivity index (χ0v) is 40.7. The fourth-order valence-electron chi connectivity index (χ4n) is 9.37. The van der Waals surface area contributed by atoms with E-state index in [2.05, 4.69) is 10.3 Å². The highest BCUT2D eigenvalue weighted by Gasteiger charge is 2.64. The average molecular weight is 1010 g/mol. The SMILES string of the molecule is C[C@@]1(COC(N)=O)SC2/C(=C\c3cc(CN(C(=N)NC(=O)OC(c4ccccc4)c4ccccc4)C4OC(c5ccccc5)(c5ccccc5)O4)ccn3)C(=O)N2[C@H]1C(=O)OC(c1ccccc1)c1ccccc1. The summed E-state index contributed by atoms with van der Waals surface area (Å²) in [7, 11) is 0. The molecule has 372 valence electrons. The molecule has 15 nitrogen and oxygen atoms in total. The van der Waals surface area contributed by atoms with Crippen LogP contribution in [0.4, 0.5) is 9.59 Å². The number of esters is 1. The van der Waals surface area contributed by atoms with Gasteiger partial charge in [-0.05, 0) is 52.9 Å². The van der Waals surface area contributed by atoms with Crippen LogP contribution in [0.1, 0.15) is 63.8 Å². The monoisotopic (exact) mass is 1010 g/mol. The summed E-state index contributed by atoms with van der Waals surface area (Å²) in [6.07, 6.45) is -1.46. The zero-order chi connectivity index (χ0) is 51.2. The number of β-lactam (4-membered cyclic amide) rings is 1. The molecule has 3 atom stereocenters. The van der Waals surface area contributed by atoms with Crippen molar-refractivity contribution in [2.24, 2.45) is 5.73 Å². The molecule has 0 bridgehead atoms. The minimum atomic E-state index is -1.34. The van der Waals surface area contributed by atoms with Gasteiger partial charge >= 0.3 is 18.2 Å². The maximum absolute atomic E-state index is 14.5. The second-order valence-corrected chi connectivity index (χ2v) is 19.5. The Morgan fingerprint density at radius 1 is 0.743 bits per heavy atom. The molecule has 16 heteroatoms. The lowest BCUT2D eigenvalue weighted by molar-refractivity contribution is -0.474. The number of aromatic nitrogens is 1. The van der Waals surface area contributed by atoms with Gasteiger partial charge < -0.3 is 24.8 Å². The summed E-state index contributed by atoms with van der Waals surface area (Å²) in [6, 6.07) is 58.4. The molecule has 3 fully saturated rings. The van der Waals surface area contributed by atoms with Crippen molar-refractivity contribution >= 4 is 47.9 Å². The van der Waals surface area contributed by atoms with Gasteiger partial charge in [-0.25, -0.2) is 14.4 Å². The molecule has 6 aromatic carbocycles. The fourth-order valence-corrected chi connectivity index (χ4v) is 11.0. The molecule has 3 amide bonds. The molecule has 3 saturated heterocycles. The van der Waals surface area contributed by atoms with Gasteiger partial charge in [-0.2, -0.15) is 0 Å². The third-order valence-corrected chi connectivity index (χ3v) is 14.5. The molecule has 74 heavy (non-hydrogen) atoms. The van der Waals surface area contributed by atoms with Crippen molar-refractivity contribution in [3.05, 3.63) is 251 Å². The van der Waals surface area contributed by atoms with Gasteiger partial charge in [-0.3, -0.25) is 34.9 Å². The van der Waals surface area contributed by atoms with Crippen LogP contribution in [-0.2, 0) is 45.6 Å². The molecule has 7 aromatic rings. The van der Waals surface area contributed by atoms with E-state index in [-0.39, 0.29) is 19.1 Å². The first-order chi connectivity index (χ1) is 36.0. The molecule has 0 saturated carbocycles. The Kier molecular flexibility index (Phi) is 14.1. The molecule has 0 spiro atoms. The standard InChI is InChI=1S/C58H50N6O9S/c1-57(37-69-54(60)67)49(52(66)70-47(39-20-8-2-9-21-39)40-22-10-3-11-23-40)64-50(65)46(51(64)74-57)35-45-34-38(32-33-61-45)36-63(56-72-58(73-56,43-28-16-6-17-29-43)44-30-18-7-19-31-44)53(59)62-55(68)71-48(41-24-12-4-13-25-41)42-26-14-5-15-27-42/h2-35,47-49,51,56H,36-37H2,1H3,(H2,60,67)(H2,59,62,68)/b46-35-/t49-,51?,57-/m0/s1. The van der Waals surface area contributed by atoms with Crippen LogP contribution in [0.5, 0.6) is 0 Å². The summed E-state index contributed by atoms with van der Waals surface area (Å²) in [5.41, 5.74) is 11.2. The van der Waals surface area contributed by atoms with Crippen molar-refractivity contribution in [2.45, 2.75) is 54.0 Å². The van der Waals surface area contributed by atoms with Crippen LogP contribution in [0.25, 0.3) is 6.08 Å². The average Bonchev–Trinajstić information content (AvgIpc) is 3.72. The Balaban J connectivity index is 0.920. The summed E-state index contributed by atoms with van der Waals surface area (Å²) < 4.78 is 29.9. The highest BCUT2D eigenvalue weighted by Crippen LogP contribution is 2.54. The summed E-state index contributed by atoms with van der Waals surface area (Å²) in [6.45, 7) is 1.42. The number of hydrogen-bond donors (Lipinski definition) is 3. The number of carbonyl (C=O) groups excluding carboxylic acids is 4. The van der Waals surface area contributed by atoms with E-state index < -0.39 is 64.6 Å². The Bertz CT molecular complexity index is 3050. The van der Waals surface area contributed by atoms with E-state index in [1.54, 1.807) is 31.3 Å². The lowest BCUT2D eigenvalue weighted by Crippen LogP contribution is -2.62. The largest absolute Gasteiger partial charge is 0.451 e. The Morgan fingerprint density at radius 3 is 1.70 bits per heavy atom. The first-order valence-electron chi connectivity index (χ1n) is 23.8. The number of rotatable bonds is 15. The Morgan fingerprint density at radius 2 is 1.22 bits per heavy atom. The van der Waals surface area contributed by atoms with Gasteiger partial charge in [-0.1, -0.05) is 182 Å². The van der Waals surface area contributed by atoms with Gasteiger partial charge in [0.25, 0.3) is 5.91 Å². The number of fused-ring (bicyclic) bond motifs is 1. The number of ether oxygens (including phenoxy) is 5. The molecule has 3 aliphatic heterocycles. The number of benzene rings is 6. The molecule has 10 rings (SSSR count). The number of guanidine groups is 1. The highest BCUT2D eigenvalue weighted by atomic mass is 32.2. The van der Waals surface area contributed by atoms with Gasteiger partial charge in [0.05, 0.1) is 22.6 Å². The predicted octanol–water partition coefficient (Wildman–Crippen LogP) is 9.42. The lowest BCUT2D eigenvalue weighted by Gasteiger charge is -2.51. The van der Waals surface area contributed by atoms with E-state index in [0.29, 0.717) is 16.8 Å². The van der Waals surface area contributed by atoms with E-state index in [4.69, 9.17) is 29.4 Å². The molecular weight excluding hydrogens is 957 g/mol. The Labute approximate surface area is 431 Å². The van der Waals surface area contributed by atoms with Crippen molar-refractivity contribution in [3.63, 3.8) is 0 Å². The number of hydrogen-bond acceptors (Lipinski definition) is 12. The minimum absolute atomic E-state index is 0.0401. The normalized spacial score (nSPS) is 19.2. The molecule has 4 heterocycles. The Hall–Kier alpha value is -8.57.